The number of phenolic OH excluding ortho intramolecular Hbond substituents is 6. The Morgan fingerprint density at radius 3 is 0.907 bits per heavy atom. The van der Waals surface area contributed by atoms with Crippen LogP contribution in [0.2, 0.25) is 0 Å². The fourth-order valence-corrected chi connectivity index (χ4v) is 6.52. The summed E-state index contributed by atoms with van der Waals surface area (Å²) < 4.78 is 0. The van der Waals surface area contributed by atoms with Gasteiger partial charge in [0.2, 0.25) is 5.78 Å². The van der Waals surface area contributed by atoms with E-state index in [2.05, 4.69) is 0 Å². The third-order valence-corrected chi connectivity index (χ3v) is 9.12. The molecule has 0 radical (unpaired) electrons. The maximum absolute atomic E-state index is 12.2. The van der Waals surface area contributed by atoms with Crippen molar-refractivity contribution in [3.63, 3.8) is 0 Å². The van der Waals surface area contributed by atoms with Crippen LogP contribution in [0.25, 0.3) is 0 Å². The highest BCUT2D eigenvalue weighted by Gasteiger charge is 2.35. The smallest absolute Gasteiger partial charge is 0.201 e. The summed E-state index contributed by atoms with van der Waals surface area (Å²) in [6, 6.07) is 26.6. The van der Waals surface area contributed by atoms with Gasteiger partial charge in [0.15, 0.2) is 51.9 Å². The van der Waals surface area contributed by atoms with Gasteiger partial charge in [-0.1, -0.05) is 72.8 Å². The Balaban J connectivity index is 0.000000125. The lowest BCUT2D eigenvalue weighted by Crippen LogP contribution is -2.20. The summed E-state index contributed by atoms with van der Waals surface area (Å²) in [6.07, 6.45) is 0. The van der Waals surface area contributed by atoms with Crippen molar-refractivity contribution in [3.05, 3.63) is 176 Å². The molecule has 0 fully saturated rings. The quantitative estimate of drug-likeness (QED) is 0.105. The van der Waals surface area contributed by atoms with E-state index in [-0.39, 0.29) is 84.5 Å². The van der Waals surface area contributed by atoms with Crippen molar-refractivity contribution in [1.82, 2.24) is 0 Å². The number of phenols is 6. The molecular weight excluding hydrogens is 696 g/mol. The van der Waals surface area contributed by atoms with Crippen molar-refractivity contribution in [2.45, 2.75) is 0 Å². The van der Waals surface area contributed by atoms with Gasteiger partial charge in [-0.15, -0.1) is 0 Å². The molecule has 3 aliphatic carbocycles. The maximum Gasteiger partial charge on any atom is 0.201 e. The lowest BCUT2D eigenvalue weighted by molar-refractivity contribution is 0.0974. The van der Waals surface area contributed by atoms with E-state index < -0.39 is 40.3 Å². The van der Waals surface area contributed by atoms with Gasteiger partial charge < -0.3 is 30.6 Å². The molecule has 0 saturated heterocycles. The highest BCUT2D eigenvalue weighted by Crippen LogP contribution is 2.40. The molecular formula is C42H24O12. The van der Waals surface area contributed by atoms with Gasteiger partial charge in [-0.05, 0) is 36.4 Å². The number of benzene rings is 6. The van der Waals surface area contributed by atoms with E-state index in [1.165, 1.54) is 72.8 Å². The fourth-order valence-electron chi connectivity index (χ4n) is 6.52. The van der Waals surface area contributed by atoms with Crippen molar-refractivity contribution in [2.24, 2.45) is 0 Å². The Morgan fingerprint density at radius 1 is 0.241 bits per heavy atom. The predicted octanol–water partition coefficient (Wildman–Crippen LogP) is 5.62. The summed E-state index contributed by atoms with van der Waals surface area (Å²) in [4.78, 5) is 73.2. The van der Waals surface area contributed by atoms with Gasteiger partial charge in [0.05, 0.1) is 22.3 Å². The van der Waals surface area contributed by atoms with Crippen molar-refractivity contribution < 1.29 is 59.4 Å². The Kier molecular flexibility index (Phi) is 8.35. The topological polar surface area (TPSA) is 224 Å². The number of fused-ring (bicyclic) bond motifs is 6. The minimum atomic E-state index is -0.541. The molecule has 0 amide bonds. The van der Waals surface area contributed by atoms with Gasteiger partial charge in [0.1, 0.15) is 11.5 Å². The number of ketones is 6. The average molecular weight is 721 g/mol. The lowest BCUT2D eigenvalue weighted by Gasteiger charge is -2.18. The second kappa shape index (κ2) is 13.0. The summed E-state index contributed by atoms with van der Waals surface area (Å²) in [5, 5.41) is 57.7. The van der Waals surface area contributed by atoms with Crippen molar-refractivity contribution >= 4 is 34.7 Å². The van der Waals surface area contributed by atoms with Crippen LogP contribution in [-0.2, 0) is 0 Å². The lowest BCUT2D eigenvalue weighted by atomic mass is 9.83. The van der Waals surface area contributed by atoms with Crippen LogP contribution in [0, 0.1) is 0 Å². The average Bonchev–Trinajstić information content (AvgIpc) is 3.17. The van der Waals surface area contributed by atoms with Gasteiger partial charge in [-0.2, -0.15) is 0 Å². The van der Waals surface area contributed by atoms with Gasteiger partial charge in [-0.3, -0.25) is 28.8 Å². The zero-order valence-electron chi connectivity index (χ0n) is 27.5. The van der Waals surface area contributed by atoms with Crippen molar-refractivity contribution in [2.75, 3.05) is 0 Å². The monoisotopic (exact) mass is 720 g/mol. The van der Waals surface area contributed by atoms with Crippen LogP contribution in [0.4, 0.5) is 0 Å². The van der Waals surface area contributed by atoms with Gasteiger partial charge in [-0.25, -0.2) is 0 Å². The molecule has 54 heavy (non-hydrogen) atoms. The van der Waals surface area contributed by atoms with Gasteiger partial charge in [0.25, 0.3) is 0 Å². The first-order valence-electron chi connectivity index (χ1n) is 16.0. The summed E-state index contributed by atoms with van der Waals surface area (Å²) in [5.41, 5.74) is 1.36. The number of aromatic hydroxyl groups is 6. The molecule has 0 saturated carbocycles. The Morgan fingerprint density at radius 2 is 0.537 bits per heavy atom. The molecule has 0 aliphatic heterocycles. The van der Waals surface area contributed by atoms with E-state index in [0.717, 1.165) is 0 Å². The molecule has 0 heterocycles. The van der Waals surface area contributed by atoms with E-state index in [9.17, 15) is 59.4 Å². The molecule has 9 rings (SSSR count). The number of hydrogen-bond donors (Lipinski definition) is 6. The first-order valence-corrected chi connectivity index (χ1v) is 16.0. The second-order valence-electron chi connectivity index (χ2n) is 12.2. The molecule has 3 aliphatic rings. The summed E-state index contributed by atoms with van der Waals surface area (Å²) in [5.74, 6) is -4.85. The van der Waals surface area contributed by atoms with Crippen LogP contribution in [0.15, 0.2) is 109 Å². The molecule has 0 unspecified atom stereocenters. The molecule has 12 heteroatoms. The molecule has 6 N–H and O–H groups in total. The SMILES string of the molecule is O=C1c2cccc(O)c2C(=O)c2c(O)cccc21.O=C1c2ccccc2C(=O)c2c1ccc(O)c2O.O=C1c2ccccc2C(=O)c2c1ccc(O)c2O. The molecule has 0 spiro atoms. The first kappa shape index (κ1) is 34.6. The number of carbonyl (C=O) groups excluding carboxylic acids is 6. The fraction of sp³-hybridized carbons (Fsp3) is 0. The van der Waals surface area contributed by atoms with Crippen LogP contribution in [0.3, 0.4) is 0 Å². The van der Waals surface area contributed by atoms with Crippen LogP contribution >= 0.6 is 0 Å². The van der Waals surface area contributed by atoms with Gasteiger partial charge in [0, 0.05) is 44.5 Å². The largest absolute Gasteiger partial charge is 0.507 e. The Bertz CT molecular complexity index is 2510. The molecule has 264 valence electrons. The highest BCUT2D eigenvalue weighted by molar-refractivity contribution is 6.31. The minimum absolute atomic E-state index is 0.0449. The maximum atomic E-state index is 12.2. The molecule has 0 atom stereocenters. The van der Waals surface area contributed by atoms with Crippen LogP contribution in [0.1, 0.15) is 95.5 Å². The molecule has 6 aromatic carbocycles. The summed E-state index contributed by atoms with van der Waals surface area (Å²) in [7, 11) is 0. The molecule has 12 nitrogen and oxygen atoms in total. The Labute approximate surface area is 304 Å². The standard InChI is InChI=1S/3C14H8O4/c15-9-5-1-3-7-11(9)14(18)12-8(13(7)17)4-2-6-10(12)16;2*15-10-6-5-9-11(14(10)18)13(17)8-4-2-1-3-7(8)12(9)16/h1-6,15-16H;2*1-6,15,18H. The zero-order chi connectivity index (χ0) is 38.6. The van der Waals surface area contributed by atoms with E-state index in [1.807, 2.05) is 0 Å². The molecule has 6 aromatic rings. The molecule has 0 bridgehead atoms. The van der Waals surface area contributed by atoms with E-state index in [0.29, 0.717) is 11.1 Å². The zero-order valence-corrected chi connectivity index (χ0v) is 27.5. The number of rotatable bonds is 0. The first-order chi connectivity index (χ1) is 25.8. The van der Waals surface area contributed by atoms with Gasteiger partial charge >= 0.3 is 0 Å². The predicted molar refractivity (Wildman–Crippen MR) is 189 cm³/mol. The second-order valence-corrected chi connectivity index (χ2v) is 12.2. The highest BCUT2D eigenvalue weighted by atomic mass is 16.3. The van der Waals surface area contributed by atoms with Crippen molar-refractivity contribution in [3.8, 4) is 34.5 Å². The normalized spacial score (nSPS) is 13.1. The van der Waals surface area contributed by atoms with Crippen molar-refractivity contribution in [1.29, 1.82) is 0 Å². The minimum Gasteiger partial charge on any atom is -0.507 e. The number of hydrogen-bond acceptors (Lipinski definition) is 12. The third-order valence-electron chi connectivity index (χ3n) is 9.12. The van der Waals surface area contributed by atoms with E-state index in [1.54, 1.807) is 36.4 Å². The summed E-state index contributed by atoms with van der Waals surface area (Å²) >= 11 is 0. The van der Waals surface area contributed by atoms with Crippen LogP contribution in [-0.4, -0.2) is 65.3 Å². The van der Waals surface area contributed by atoms with E-state index in [4.69, 9.17) is 0 Å². The van der Waals surface area contributed by atoms with E-state index >= 15 is 0 Å². The number of carbonyl (C=O) groups is 6. The van der Waals surface area contributed by atoms with Crippen LogP contribution in [0.5, 0.6) is 34.5 Å². The van der Waals surface area contributed by atoms with Crippen LogP contribution < -0.4 is 0 Å². The Hall–Kier alpha value is -7.86. The third kappa shape index (κ3) is 5.33. The molecule has 0 aromatic heterocycles. The summed E-state index contributed by atoms with van der Waals surface area (Å²) in [6.45, 7) is 0.